The van der Waals surface area contributed by atoms with Gasteiger partial charge in [-0.3, -0.25) is 0 Å². The van der Waals surface area contributed by atoms with Gasteiger partial charge in [-0.15, -0.1) is 0 Å². The maximum absolute atomic E-state index is 11.3. The molecule has 0 bridgehead atoms. The minimum atomic E-state index is 0. The van der Waals surface area contributed by atoms with E-state index in [1.165, 1.54) is 64.2 Å². The van der Waals surface area contributed by atoms with Gasteiger partial charge in [-0.1, -0.05) is 77.6 Å². The van der Waals surface area contributed by atoms with Gasteiger partial charge in [0.05, 0.1) is 6.61 Å². The Morgan fingerprint density at radius 3 is 1.41 bits per heavy atom. The summed E-state index contributed by atoms with van der Waals surface area (Å²) in [6.07, 6.45) is 15.6. The first kappa shape index (κ1) is 19.8. The predicted molar refractivity (Wildman–Crippen MR) is 69.3 cm³/mol. The molecule has 1 nitrogen and oxygen atoms in total. The van der Waals surface area contributed by atoms with Gasteiger partial charge in [-0.2, -0.15) is 4.94 Å². The minimum Gasteiger partial charge on any atom is -1.00 e. The molecule has 0 saturated carbocycles. The average Bonchev–Trinajstić information content (AvgIpc) is 2.31. The van der Waals surface area contributed by atoms with Gasteiger partial charge in [0.2, 0.25) is 0 Å². The first-order valence-corrected chi connectivity index (χ1v) is 7.15. The number of hydrogen-bond acceptors (Lipinski definition) is 1. The molecular weight excluding hydrogens is 210 g/mol. The van der Waals surface area contributed by atoms with Crippen LogP contribution in [0.4, 0.5) is 4.53 Å². The molecule has 0 aromatic carbocycles. The third-order valence-electron chi connectivity index (χ3n) is 3.08. The van der Waals surface area contributed by atoms with Gasteiger partial charge in [0.1, 0.15) is 0 Å². The smallest absolute Gasteiger partial charge is 1.00 e. The monoisotopic (exact) mass is 240 g/mol. The fourth-order valence-corrected chi connectivity index (χ4v) is 2.00. The van der Waals surface area contributed by atoms with Gasteiger partial charge < -0.3 is 1.43 Å². The minimum absolute atomic E-state index is 0. The molecular formula is C14H30FLiO. The molecule has 0 unspecified atom stereocenters. The van der Waals surface area contributed by atoms with E-state index in [0.29, 0.717) is 0 Å². The molecule has 3 heteroatoms. The third kappa shape index (κ3) is 19.0. The van der Waals surface area contributed by atoms with E-state index in [0.717, 1.165) is 12.8 Å². The van der Waals surface area contributed by atoms with E-state index >= 15 is 0 Å². The Balaban J connectivity index is -0.00000112. The Morgan fingerprint density at radius 2 is 1.06 bits per heavy atom. The number of halogens is 1. The number of hydrogen-bond donors (Lipinski definition) is 0. The first-order valence-electron chi connectivity index (χ1n) is 7.15. The number of rotatable bonds is 13. The molecule has 0 spiro atoms. The SMILES string of the molecule is CCCCCCCCCCCCCCOF.[H-].[Li+]. The van der Waals surface area contributed by atoms with Crippen molar-refractivity contribution in [3.8, 4) is 0 Å². The molecule has 0 N–H and O–H groups in total. The molecule has 0 aromatic rings. The van der Waals surface area contributed by atoms with Crippen molar-refractivity contribution < 1.29 is 29.8 Å². The first-order chi connectivity index (χ1) is 7.91. The average molecular weight is 240 g/mol. The summed E-state index contributed by atoms with van der Waals surface area (Å²) in [5, 5.41) is 0. The molecule has 0 saturated heterocycles. The van der Waals surface area contributed by atoms with E-state index in [1.807, 2.05) is 0 Å². The molecule has 0 atom stereocenters. The third-order valence-corrected chi connectivity index (χ3v) is 3.08. The van der Waals surface area contributed by atoms with Gasteiger partial charge in [0, 0.05) is 0 Å². The Hall–Kier alpha value is 0.487. The van der Waals surface area contributed by atoms with E-state index in [9.17, 15) is 4.53 Å². The quantitative estimate of drug-likeness (QED) is 0.355. The van der Waals surface area contributed by atoms with Crippen LogP contribution < -0.4 is 18.9 Å². The molecule has 0 heterocycles. The molecule has 0 aromatic heterocycles. The van der Waals surface area contributed by atoms with Crippen molar-refractivity contribution in [1.82, 2.24) is 0 Å². The van der Waals surface area contributed by atoms with E-state index in [4.69, 9.17) is 0 Å². The van der Waals surface area contributed by atoms with Crippen LogP contribution in [0.15, 0.2) is 0 Å². The van der Waals surface area contributed by atoms with Gasteiger partial charge in [0.25, 0.3) is 0 Å². The number of unbranched alkanes of at least 4 members (excludes halogenated alkanes) is 11. The molecule has 0 fully saturated rings. The Morgan fingerprint density at radius 1 is 0.706 bits per heavy atom. The molecule has 0 amide bonds. The van der Waals surface area contributed by atoms with Crippen LogP contribution in [0.3, 0.4) is 0 Å². The molecule has 0 aliphatic carbocycles. The van der Waals surface area contributed by atoms with Gasteiger partial charge in [-0.05, 0) is 10.9 Å². The summed E-state index contributed by atoms with van der Waals surface area (Å²) in [5.74, 6) is 0. The molecule has 0 radical (unpaired) electrons. The van der Waals surface area contributed by atoms with Crippen molar-refractivity contribution in [2.45, 2.75) is 84.0 Å². The maximum Gasteiger partial charge on any atom is 1.00 e. The van der Waals surface area contributed by atoms with E-state index < -0.39 is 0 Å². The Bertz CT molecular complexity index is 114. The van der Waals surface area contributed by atoms with Crippen molar-refractivity contribution >= 4 is 0 Å². The second-order valence-corrected chi connectivity index (χ2v) is 4.70. The normalized spacial score (nSPS) is 10.2. The second-order valence-electron chi connectivity index (χ2n) is 4.70. The zero-order valence-corrected chi connectivity index (χ0v) is 12.0. The van der Waals surface area contributed by atoms with Gasteiger partial charge in [0.15, 0.2) is 0 Å². The van der Waals surface area contributed by atoms with E-state index in [1.54, 1.807) is 0 Å². The van der Waals surface area contributed by atoms with Crippen LogP contribution in [0.1, 0.15) is 85.4 Å². The van der Waals surface area contributed by atoms with Crippen LogP contribution in [0, 0.1) is 0 Å². The van der Waals surface area contributed by atoms with Crippen LogP contribution in [-0.2, 0) is 4.94 Å². The second kappa shape index (κ2) is 18.8. The fourth-order valence-electron chi connectivity index (χ4n) is 2.00. The summed E-state index contributed by atoms with van der Waals surface area (Å²) < 4.78 is 11.3. The molecule has 0 aliphatic heterocycles. The van der Waals surface area contributed by atoms with Crippen LogP contribution in [-0.4, -0.2) is 6.61 Å². The van der Waals surface area contributed by atoms with Crippen LogP contribution in [0.25, 0.3) is 0 Å². The maximum atomic E-state index is 11.3. The molecule has 0 rings (SSSR count). The molecule has 0 aliphatic rings. The standard InChI is InChI=1S/C14H29FO.Li.H/c1-2-3-4-5-6-7-8-9-10-11-12-13-14-16-15;;/h2-14H2,1H3;;/q;+1;-1. The zero-order chi connectivity index (χ0) is 11.9. The molecule has 17 heavy (non-hydrogen) atoms. The summed E-state index contributed by atoms with van der Waals surface area (Å²) in [6, 6.07) is 0. The summed E-state index contributed by atoms with van der Waals surface area (Å²) in [6.45, 7) is 2.53. The van der Waals surface area contributed by atoms with Crippen molar-refractivity contribution in [3.63, 3.8) is 0 Å². The molecule has 100 valence electrons. The van der Waals surface area contributed by atoms with Crippen LogP contribution in [0.2, 0.25) is 0 Å². The van der Waals surface area contributed by atoms with Crippen LogP contribution in [0.5, 0.6) is 0 Å². The topological polar surface area (TPSA) is 9.23 Å². The predicted octanol–water partition coefficient (Wildman–Crippen LogP) is 2.71. The van der Waals surface area contributed by atoms with E-state index in [-0.39, 0.29) is 26.9 Å². The van der Waals surface area contributed by atoms with Crippen molar-refractivity contribution in [1.29, 1.82) is 0 Å². The summed E-state index contributed by atoms with van der Waals surface area (Å²) >= 11 is 0. The van der Waals surface area contributed by atoms with Crippen molar-refractivity contribution in [3.05, 3.63) is 0 Å². The van der Waals surface area contributed by atoms with Crippen molar-refractivity contribution in [2.75, 3.05) is 6.61 Å². The Kier molecular flexibility index (Phi) is 22.0. The van der Waals surface area contributed by atoms with Gasteiger partial charge >= 0.3 is 18.9 Å². The fraction of sp³-hybridized carbons (Fsp3) is 1.00. The summed E-state index contributed by atoms with van der Waals surface area (Å²) in [4.78, 5) is 3.53. The van der Waals surface area contributed by atoms with Crippen molar-refractivity contribution in [2.24, 2.45) is 0 Å². The van der Waals surface area contributed by atoms with E-state index in [2.05, 4.69) is 11.9 Å². The largest absolute Gasteiger partial charge is 1.00 e. The zero-order valence-electron chi connectivity index (χ0n) is 13.0. The van der Waals surface area contributed by atoms with Crippen LogP contribution >= 0.6 is 0 Å². The van der Waals surface area contributed by atoms with Gasteiger partial charge in [-0.25, -0.2) is 0 Å². The Labute approximate surface area is 120 Å². The summed E-state index contributed by atoms with van der Waals surface area (Å²) in [7, 11) is 0. The summed E-state index contributed by atoms with van der Waals surface area (Å²) in [5.41, 5.74) is 0.